The van der Waals surface area contributed by atoms with E-state index in [4.69, 9.17) is 17.5 Å². The first-order chi connectivity index (χ1) is 44.8. The molecule has 21 nitrogen and oxygen atoms in total. The van der Waals surface area contributed by atoms with Gasteiger partial charge in [-0.05, 0) is 217 Å². The van der Waals surface area contributed by atoms with Crippen molar-refractivity contribution in [3.05, 3.63) is 250 Å². The number of carbonyl (C=O) groups is 3. The summed E-state index contributed by atoms with van der Waals surface area (Å²) in [6.45, 7) is 19.0. The van der Waals surface area contributed by atoms with Crippen molar-refractivity contribution in [3.63, 3.8) is 0 Å². The van der Waals surface area contributed by atoms with Crippen molar-refractivity contribution in [3.8, 4) is 0 Å². The van der Waals surface area contributed by atoms with E-state index >= 15 is 0 Å². The third-order valence-electron chi connectivity index (χ3n) is 16.6. The van der Waals surface area contributed by atoms with E-state index in [2.05, 4.69) is 83.4 Å². The van der Waals surface area contributed by atoms with Crippen LogP contribution in [0.5, 0.6) is 0 Å². The van der Waals surface area contributed by atoms with Crippen molar-refractivity contribution in [2.24, 2.45) is 0 Å². The molecule has 7 aromatic rings. The summed E-state index contributed by atoms with van der Waals surface area (Å²) >= 11 is 0. The molecule has 0 saturated heterocycles. The van der Waals surface area contributed by atoms with Gasteiger partial charge in [0.05, 0.1) is 36.8 Å². The number of nitro benzene ring substituents is 1. The summed E-state index contributed by atoms with van der Waals surface area (Å²) in [5.74, 6) is -1.16. The molecule has 0 saturated carbocycles. The Morgan fingerprint density at radius 3 is 1.32 bits per heavy atom. The van der Waals surface area contributed by atoms with E-state index in [1.807, 2.05) is 67.4 Å². The zero-order valence-corrected chi connectivity index (χ0v) is 61.9. The van der Waals surface area contributed by atoms with Crippen LogP contribution in [-0.2, 0) is 194 Å². The van der Waals surface area contributed by atoms with Gasteiger partial charge in [0.15, 0.2) is 5.69 Å². The Morgan fingerprint density at radius 2 is 0.885 bits per heavy atom. The number of benzene rings is 7. The van der Waals surface area contributed by atoms with Crippen LogP contribution >= 0.6 is 12.4 Å². The van der Waals surface area contributed by atoms with Crippen LogP contribution in [0.3, 0.4) is 0 Å². The fourth-order valence-electron chi connectivity index (χ4n) is 11.5. The number of nitrogen functional groups attached to an aromatic ring is 1. The van der Waals surface area contributed by atoms with Gasteiger partial charge in [0, 0.05) is 153 Å². The number of halogens is 1. The van der Waals surface area contributed by atoms with Gasteiger partial charge in [0.25, 0.3) is 11.6 Å². The number of methoxy groups -OCH3 is 2. The monoisotopic (exact) mass is 1510 g/mol. The molecule has 0 spiro atoms. The molecule has 0 atom stereocenters. The number of hydrogen-bond acceptors (Lipinski definition) is 16. The molecule has 3 radical (unpaired) electrons. The van der Waals surface area contributed by atoms with Crippen molar-refractivity contribution in [2.75, 3.05) is 65.8 Å². The Bertz CT molecular complexity index is 3680. The Hall–Kier alpha value is -6.58. The molecule has 7 aliphatic rings. The summed E-state index contributed by atoms with van der Waals surface area (Å²) in [7, 11) is 2.76. The maximum absolute atomic E-state index is 11.3. The zero-order valence-electron chi connectivity index (χ0n) is 54.0. The van der Waals surface area contributed by atoms with Crippen molar-refractivity contribution in [1.82, 2.24) is 41.9 Å². The maximum Gasteiger partial charge on any atom is 0.337 e. The number of carbonyl (C=O) groups excluding carboxylic acids is 5. The van der Waals surface area contributed by atoms with E-state index < -0.39 is 5.91 Å². The van der Waals surface area contributed by atoms with Gasteiger partial charge < -0.3 is 61.2 Å². The van der Waals surface area contributed by atoms with Crippen LogP contribution in [0.1, 0.15) is 109 Å². The minimum Gasteiger partial charge on any atom is -0.520 e. The van der Waals surface area contributed by atoms with Crippen LogP contribution in [0.15, 0.2) is 133 Å². The minimum absolute atomic E-state index is 0. The number of esters is 2. The molecule has 0 bridgehead atoms. The number of nitrogens with two attached hydrogens (primary N) is 1. The number of amides is 3. The summed E-state index contributed by atoms with van der Waals surface area (Å²) < 4.78 is 9.32. The molecule has 7 aromatic carbocycles. The van der Waals surface area contributed by atoms with Gasteiger partial charge in [-0.25, -0.2) is 19.9 Å². The topological polar surface area (TPSA) is 276 Å². The predicted molar refractivity (Wildman–Crippen MR) is 358 cm³/mol. The van der Waals surface area contributed by atoms with Crippen molar-refractivity contribution >= 4 is 60.1 Å². The minimum atomic E-state index is -0.546. The van der Waals surface area contributed by atoms with E-state index in [0.29, 0.717) is 42.9 Å². The van der Waals surface area contributed by atoms with E-state index in [1.54, 1.807) is 46.8 Å². The first-order valence-electron chi connectivity index (χ1n) is 30.7. The van der Waals surface area contributed by atoms with E-state index in [-0.39, 0.29) is 119 Å². The molecule has 96 heavy (non-hydrogen) atoms. The Labute approximate surface area is 629 Å². The largest absolute Gasteiger partial charge is 0.520 e. The Balaban J connectivity index is 0.000000238. The number of non-ortho nitro benzene ring substituents is 1. The number of nitrogens with one attached hydrogen (secondary N) is 6. The number of nitrogens with zero attached hydrogens (tertiary/aromatic N) is 4. The van der Waals surface area contributed by atoms with Crippen molar-refractivity contribution in [2.45, 2.75) is 90.8 Å². The fourth-order valence-corrected chi connectivity index (χ4v) is 11.5. The second-order valence-electron chi connectivity index (χ2n) is 22.6. The number of hydrogen-bond donors (Lipinski definition) is 8. The quantitative estimate of drug-likeness (QED) is 0.0195. The Kier molecular flexibility index (Phi) is 36.6. The summed E-state index contributed by atoms with van der Waals surface area (Å²) in [5.41, 5.74) is 28.1. The van der Waals surface area contributed by atoms with Crippen LogP contribution in [-0.4, -0.2) is 111 Å². The van der Waals surface area contributed by atoms with Crippen LogP contribution in [0.4, 0.5) is 17.1 Å². The normalized spacial score (nSPS) is 14.3. The molecule has 0 aromatic heterocycles. The smallest absolute Gasteiger partial charge is 0.337 e. The molecular weight excluding hydrogens is 1430 g/mol. The third-order valence-corrected chi connectivity index (χ3v) is 16.6. The van der Waals surface area contributed by atoms with Crippen LogP contribution in [0, 0.1) is 16.7 Å². The maximum atomic E-state index is 11.3. The molecule has 9 N–H and O–H groups in total. The summed E-state index contributed by atoms with van der Waals surface area (Å²) in [4.78, 5) is 71.5. The molecule has 7 heterocycles. The molecule has 25 heteroatoms. The predicted octanol–water partition coefficient (Wildman–Crippen LogP) is 8.03. The number of nitro groups is 1. The Morgan fingerprint density at radius 1 is 0.521 bits per heavy atom. The average Bonchev–Trinajstić information content (AvgIpc) is 1.05. The first-order valence-corrected chi connectivity index (χ1v) is 30.7. The second-order valence-corrected chi connectivity index (χ2v) is 22.6. The molecule has 14 rings (SSSR count). The van der Waals surface area contributed by atoms with Gasteiger partial charge in [-0.3, -0.25) is 20.1 Å². The van der Waals surface area contributed by atoms with Gasteiger partial charge in [0.2, 0.25) is 0 Å². The van der Waals surface area contributed by atoms with Crippen LogP contribution < -0.4 is 37.8 Å². The van der Waals surface area contributed by atoms with Gasteiger partial charge in [-0.1, -0.05) is 72.8 Å². The van der Waals surface area contributed by atoms with Gasteiger partial charge in [0.1, 0.15) is 0 Å². The standard InChI is InChI=1S/C12H12NO3.C11H11N2O3.C11H13NO2.C10H10N2.C9H10N2O2.C9H12N2.C9H11N.ClH.V.2Y/c1-16-12(15)10-3-2-9-4-5-13(8-14)7-11(9)6-10;14-7-13-4-3-8-1-2-9(11(15)12-16)5-10(8)6-13;1-14-11(13)9-3-2-8-4-5-12-7-10(8)6-9;1-11-10-3-2-8-4-5-12-7-9(8)6-10;12-11(13)9-2-1-7-3-4-10-6-8(7)5-9;10-9-2-1-7-3-4-11-6-8(7)5-9;1-2-4-9-7-10-6-5-8(9)3-1;;;;/h2-3,6H,4-5,7H2,1H3;1-2,5,16H,3-4,6H2,(H,12,15);2-3,6,12H,4-5,7H2,1H3;2-3,6,12H,4-5,7H2;1-2,5,10H,3-4,6H2;1-2,5,11H,3-4,6,10H2;1-4,10H,5-7H2;1H;;;/q2*-1;;;;;;;;;. The number of hydroxylamine groups is 1. The van der Waals surface area contributed by atoms with Crippen molar-refractivity contribution < 1.29 is 128 Å². The summed E-state index contributed by atoms with van der Waals surface area (Å²) in [6.07, 6.45) is 10.7. The molecular formula is C71H80ClN11O10VY2-2. The summed E-state index contributed by atoms with van der Waals surface area (Å²) in [5, 5.41) is 35.4. The first kappa shape index (κ1) is 81.8. The molecule has 3 amide bonds. The van der Waals surface area contributed by atoms with Crippen LogP contribution in [0.2, 0.25) is 0 Å². The average molecular weight is 1510 g/mol. The van der Waals surface area contributed by atoms with Gasteiger partial charge >= 0.3 is 11.9 Å². The van der Waals surface area contributed by atoms with Crippen molar-refractivity contribution in [1.29, 1.82) is 0 Å². The SMILES string of the molecule is COC(=O)c1ccc2c(c1)CN([C-]=O)CC2.COC(=O)c1ccc2c(c1)CNCC2.Cl.Nc1ccc2c(c1)CNCC2.O=[C-]N1CCc2ccc(C(=O)NO)cc2C1.O=[N+]([O-])c1ccc2c(c1)CNCC2.[C-]#[N+]c1ccc2c(c1)CNCC2.[V].[Y].[Y].c1ccc2c(c1)CCNC2. The summed E-state index contributed by atoms with van der Waals surface area (Å²) in [6, 6.07) is 42.2. The zero-order chi connectivity index (χ0) is 65.2. The number of rotatable bonds is 6. The second kappa shape index (κ2) is 43.0. The number of ether oxygens (including phenoxy) is 2. The van der Waals surface area contributed by atoms with E-state index in [0.717, 1.165) is 138 Å². The fraction of sp³-hybridized carbons (Fsp3) is 0.324. The van der Waals surface area contributed by atoms with Gasteiger partial charge in [-0.2, -0.15) is 12.8 Å². The van der Waals surface area contributed by atoms with Gasteiger partial charge in [-0.15, -0.1) is 12.4 Å². The molecule has 0 aliphatic carbocycles. The molecule has 7 aliphatic heterocycles. The molecule has 0 unspecified atom stereocenters. The van der Waals surface area contributed by atoms with E-state index in [1.165, 1.54) is 81.2 Å². The van der Waals surface area contributed by atoms with E-state index in [9.17, 15) is 34.1 Å². The molecule has 499 valence electrons. The molecule has 0 fully saturated rings. The number of fused-ring (bicyclic) bond motifs is 7. The third kappa shape index (κ3) is 24.4. The van der Waals surface area contributed by atoms with Crippen LogP contribution in [0.25, 0.3) is 4.85 Å². The number of anilines is 1.